The number of nitrogens with zero attached hydrogens (tertiary/aromatic N) is 1. The smallest absolute Gasteiger partial charge is 0.243 e. The van der Waals surface area contributed by atoms with Gasteiger partial charge in [0.05, 0.1) is 16.8 Å². The highest BCUT2D eigenvalue weighted by Crippen LogP contribution is 2.39. The lowest BCUT2D eigenvalue weighted by Gasteiger charge is -2.19. The number of fused-ring (bicyclic) bond motifs is 1. The summed E-state index contributed by atoms with van der Waals surface area (Å²) in [5.41, 5.74) is 5.74. The predicted octanol–water partition coefficient (Wildman–Crippen LogP) is 0.977. The number of hydrogen-bond acceptors (Lipinski definition) is 5. The molecule has 1 aromatic rings. The van der Waals surface area contributed by atoms with Gasteiger partial charge in [-0.3, -0.25) is 4.72 Å². The Labute approximate surface area is 153 Å². The van der Waals surface area contributed by atoms with E-state index in [2.05, 4.69) is 0 Å². The second-order valence-corrected chi connectivity index (χ2v) is 10.2. The molecule has 7 nitrogen and oxygen atoms in total. The van der Waals surface area contributed by atoms with Crippen molar-refractivity contribution in [3.05, 3.63) is 24.0 Å². The van der Waals surface area contributed by atoms with Gasteiger partial charge in [0.15, 0.2) is 0 Å². The van der Waals surface area contributed by atoms with Gasteiger partial charge in [-0.25, -0.2) is 21.2 Å². The maximum atomic E-state index is 14.1. The van der Waals surface area contributed by atoms with E-state index in [1.807, 2.05) is 4.72 Å². The highest BCUT2D eigenvalue weighted by molar-refractivity contribution is 7.92. The van der Waals surface area contributed by atoms with Crippen LogP contribution in [0, 0.1) is 17.7 Å². The van der Waals surface area contributed by atoms with Gasteiger partial charge in [0.25, 0.3) is 0 Å². The molecule has 0 radical (unpaired) electrons. The zero-order valence-corrected chi connectivity index (χ0v) is 16.0. The molecule has 1 saturated carbocycles. The molecule has 1 heterocycles. The van der Waals surface area contributed by atoms with E-state index in [1.54, 1.807) is 0 Å². The number of benzene rings is 1. The quantitative estimate of drug-likeness (QED) is 0.764. The molecule has 3 atom stereocenters. The SMILES string of the molecule is CS(=O)(=O)Nc1ccc(S(=O)(=O)N2CC3CCC(N)C3C2)cc1F.Cl. The molecule has 1 aliphatic heterocycles. The molecular formula is C14H21ClFN3O4S2. The zero-order valence-electron chi connectivity index (χ0n) is 13.6. The summed E-state index contributed by atoms with van der Waals surface area (Å²) in [5.74, 6) is -0.529. The van der Waals surface area contributed by atoms with Gasteiger partial charge in [-0.1, -0.05) is 0 Å². The summed E-state index contributed by atoms with van der Waals surface area (Å²) < 4.78 is 65.2. The maximum absolute atomic E-state index is 14.1. The highest BCUT2D eigenvalue weighted by atomic mass is 35.5. The first-order valence-electron chi connectivity index (χ1n) is 7.61. The Balaban J connectivity index is 0.00000225. The fourth-order valence-electron chi connectivity index (χ4n) is 3.55. The molecule has 2 fully saturated rings. The van der Waals surface area contributed by atoms with E-state index in [4.69, 9.17) is 5.73 Å². The number of hydrogen-bond donors (Lipinski definition) is 2. The number of nitrogens with two attached hydrogens (primary N) is 1. The number of rotatable bonds is 4. The molecule has 1 aliphatic carbocycles. The number of sulfonamides is 2. The van der Waals surface area contributed by atoms with Crippen LogP contribution in [-0.2, 0) is 20.0 Å². The topological polar surface area (TPSA) is 110 Å². The third-order valence-corrected chi connectivity index (χ3v) is 7.17. The van der Waals surface area contributed by atoms with E-state index >= 15 is 0 Å². The number of halogens is 2. The van der Waals surface area contributed by atoms with Gasteiger partial charge in [0, 0.05) is 19.1 Å². The molecule has 0 aromatic heterocycles. The van der Waals surface area contributed by atoms with Crippen LogP contribution >= 0.6 is 12.4 Å². The Morgan fingerprint density at radius 1 is 1.20 bits per heavy atom. The summed E-state index contributed by atoms with van der Waals surface area (Å²) in [6, 6.07) is 3.18. The standard InChI is InChI=1S/C14H20FN3O4S2.ClH/c1-23(19,20)17-14-5-3-10(6-12(14)15)24(21,22)18-7-9-2-4-13(16)11(9)8-18;/h3,5-6,9,11,13,17H,2,4,7-8,16H2,1H3;1H. The minimum absolute atomic E-state index is 0. The van der Waals surface area contributed by atoms with Crippen molar-refractivity contribution in [2.24, 2.45) is 17.6 Å². The van der Waals surface area contributed by atoms with E-state index in [0.29, 0.717) is 13.1 Å². The van der Waals surface area contributed by atoms with Gasteiger partial charge in [-0.2, -0.15) is 4.31 Å². The van der Waals surface area contributed by atoms with Crippen molar-refractivity contribution in [3.8, 4) is 0 Å². The van der Waals surface area contributed by atoms with Crippen molar-refractivity contribution in [3.63, 3.8) is 0 Å². The molecule has 1 aromatic carbocycles. The lowest BCUT2D eigenvalue weighted by atomic mass is 9.98. The van der Waals surface area contributed by atoms with E-state index in [-0.39, 0.29) is 40.9 Å². The summed E-state index contributed by atoms with van der Waals surface area (Å²) >= 11 is 0. The van der Waals surface area contributed by atoms with Crippen LogP contribution in [0.2, 0.25) is 0 Å². The molecule has 3 N–H and O–H groups in total. The third-order valence-electron chi connectivity index (χ3n) is 4.75. The first-order chi connectivity index (χ1) is 11.1. The molecule has 1 saturated heterocycles. The lowest BCUT2D eigenvalue weighted by molar-refractivity contribution is 0.426. The van der Waals surface area contributed by atoms with E-state index in [9.17, 15) is 21.2 Å². The molecule has 2 aliphatic rings. The number of anilines is 1. The van der Waals surface area contributed by atoms with E-state index in [0.717, 1.165) is 31.2 Å². The lowest BCUT2D eigenvalue weighted by Crippen LogP contribution is -2.33. The molecule has 0 spiro atoms. The summed E-state index contributed by atoms with van der Waals surface area (Å²) in [6.45, 7) is 0.741. The first kappa shape index (κ1) is 20.4. The molecule has 25 heavy (non-hydrogen) atoms. The van der Waals surface area contributed by atoms with Crippen LogP contribution in [0.4, 0.5) is 10.1 Å². The van der Waals surface area contributed by atoms with Gasteiger partial charge in [0.1, 0.15) is 5.82 Å². The van der Waals surface area contributed by atoms with Crippen LogP contribution in [0.15, 0.2) is 23.1 Å². The van der Waals surface area contributed by atoms with Gasteiger partial charge in [0.2, 0.25) is 20.0 Å². The summed E-state index contributed by atoms with van der Waals surface area (Å²) in [7, 11) is -7.47. The monoisotopic (exact) mass is 413 g/mol. The Morgan fingerprint density at radius 3 is 2.44 bits per heavy atom. The van der Waals surface area contributed by atoms with Crippen LogP contribution in [0.25, 0.3) is 0 Å². The van der Waals surface area contributed by atoms with Crippen molar-refractivity contribution in [1.29, 1.82) is 0 Å². The molecule has 0 bridgehead atoms. The summed E-state index contributed by atoms with van der Waals surface area (Å²) in [6.07, 6.45) is 2.70. The van der Waals surface area contributed by atoms with Gasteiger partial charge in [-0.05, 0) is 42.9 Å². The summed E-state index contributed by atoms with van der Waals surface area (Å²) in [5, 5.41) is 0. The average Bonchev–Trinajstić information content (AvgIpc) is 3.03. The van der Waals surface area contributed by atoms with Gasteiger partial charge < -0.3 is 5.73 Å². The Hall–Kier alpha value is -0.940. The van der Waals surface area contributed by atoms with Crippen molar-refractivity contribution < 1.29 is 21.2 Å². The van der Waals surface area contributed by atoms with Crippen molar-refractivity contribution in [1.82, 2.24) is 4.31 Å². The maximum Gasteiger partial charge on any atom is 0.243 e. The number of nitrogens with one attached hydrogen (secondary N) is 1. The fourth-order valence-corrected chi connectivity index (χ4v) is 5.66. The fraction of sp³-hybridized carbons (Fsp3) is 0.571. The first-order valence-corrected chi connectivity index (χ1v) is 10.9. The van der Waals surface area contributed by atoms with Crippen LogP contribution in [0.1, 0.15) is 12.8 Å². The second-order valence-electron chi connectivity index (χ2n) is 6.50. The van der Waals surface area contributed by atoms with E-state index < -0.39 is 25.9 Å². The molecule has 0 amide bonds. The molecule has 11 heteroatoms. The predicted molar refractivity (Wildman–Crippen MR) is 95.1 cm³/mol. The van der Waals surface area contributed by atoms with Crippen LogP contribution in [0.5, 0.6) is 0 Å². The Morgan fingerprint density at radius 2 is 1.88 bits per heavy atom. The van der Waals surface area contributed by atoms with Gasteiger partial charge >= 0.3 is 0 Å². The van der Waals surface area contributed by atoms with Crippen LogP contribution in [0.3, 0.4) is 0 Å². The second kappa shape index (κ2) is 6.99. The minimum Gasteiger partial charge on any atom is -0.327 e. The van der Waals surface area contributed by atoms with Crippen molar-refractivity contribution in [2.45, 2.75) is 23.8 Å². The molecular weight excluding hydrogens is 393 g/mol. The summed E-state index contributed by atoms with van der Waals surface area (Å²) in [4.78, 5) is -0.187. The van der Waals surface area contributed by atoms with Gasteiger partial charge in [-0.15, -0.1) is 12.4 Å². The average molecular weight is 414 g/mol. The third kappa shape index (κ3) is 4.08. The van der Waals surface area contributed by atoms with Crippen molar-refractivity contribution >= 4 is 38.1 Å². The zero-order chi connectivity index (χ0) is 17.7. The molecule has 3 rings (SSSR count). The minimum atomic E-state index is -3.83. The van der Waals surface area contributed by atoms with Crippen molar-refractivity contribution in [2.75, 3.05) is 24.1 Å². The Kier molecular flexibility index (Phi) is 5.70. The highest BCUT2D eigenvalue weighted by Gasteiger charge is 2.45. The van der Waals surface area contributed by atoms with E-state index in [1.165, 1.54) is 10.4 Å². The van der Waals surface area contributed by atoms with Crippen LogP contribution < -0.4 is 10.5 Å². The van der Waals surface area contributed by atoms with Crippen LogP contribution in [-0.4, -0.2) is 46.5 Å². The molecule has 3 unspecified atom stereocenters. The Bertz CT molecular complexity index is 863. The normalized spacial score (nSPS) is 26.9. The molecule has 142 valence electrons. The largest absolute Gasteiger partial charge is 0.327 e.